The van der Waals surface area contributed by atoms with E-state index in [0.717, 1.165) is 48.9 Å². The molecule has 0 bridgehead atoms. The van der Waals surface area contributed by atoms with Crippen molar-refractivity contribution >= 4 is 5.82 Å². The van der Waals surface area contributed by atoms with Gasteiger partial charge in [-0.3, -0.25) is 0 Å². The van der Waals surface area contributed by atoms with Gasteiger partial charge in [-0.05, 0) is 44.9 Å². The van der Waals surface area contributed by atoms with Crippen molar-refractivity contribution < 1.29 is 9.47 Å². The van der Waals surface area contributed by atoms with E-state index in [2.05, 4.69) is 21.5 Å². The number of pyridine rings is 1. The summed E-state index contributed by atoms with van der Waals surface area (Å²) in [7, 11) is 0. The number of aromatic nitrogens is 3. The van der Waals surface area contributed by atoms with E-state index in [-0.39, 0.29) is 6.10 Å². The SMILES string of the molecule is Cc1cc(C)n(-c2ccc(NCCOCC3CCCO3)nc2)n1. The Kier molecular flexibility index (Phi) is 5.25. The number of nitrogens with one attached hydrogen (secondary N) is 1. The zero-order valence-corrected chi connectivity index (χ0v) is 13.8. The van der Waals surface area contributed by atoms with Crippen molar-refractivity contribution in [2.75, 3.05) is 31.7 Å². The minimum Gasteiger partial charge on any atom is -0.377 e. The molecule has 1 fully saturated rings. The molecule has 1 atom stereocenters. The average molecular weight is 316 g/mol. The van der Waals surface area contributed by atoms with Crippen LogP contribution in [0.1, 0.15) is 24.2 Å². The molecule has 1 aliphatic rings. The van der Waals surface area contributed by atoms with Crippen LogP contribution in [0.15, 0.2) is 24.4 Å². The molecule has 0 aromatic carbocycles. The molecule has 1 saturated heterocycles. The highest BCUT2D eigenvalue weighted by Crippen LogP contribution is 2.13. The normalized spacial score (nSPS) is 17.6. The molecule has 0 saturated carbocycles. The summed E-state index contributed by atoms with van der Waals surface area (Å²) in [6.45, 7) is 6.98. The van der Waals surface area contributed by atoms with Crippen LogP contribution in [0.4, 0.5) is 5.82 Å². The minimum atomic E-state index is 0.285. The van der Waals surface area contributed by atoms with E-state index >= 15 is 0 Å². The second kappa shape index (κ2) is 7.57. The predicted molar refractivity (Wildman–Crippen MR) is 89.1 cm³/mol. The van der Waals surface area contributed by atoms with Crippen LogP contribution < -0.4 is 5.32 Å². The minimum absolute atomic E-state index is 0.285. The summed E-state index contributed by atoms with van der Waals surface area (Å²) < 4.78 is 13.0. The first kappa shape index (κ1) is 16.0. The fourth-order valence-electron chi connectivity index (χ4n) is 2.75. The average Bonchev–Trinajstić information content (AvgIpc) is 3.17. The second-order valence-electron chi connectivity index (χ2n) is 5.88. The van der Waals surface area contributed by atoms with E-state index in [0.29, 0.717) is 13.2 Å². The monoisotopic (exact) mass is 316 g/mol. The van der Waals surface area contributed by atoms with Crippen molar-refractivity contribution in [3.63, 3.8) is 0 Å². The smallest absolute Gasteiger partial charge is 0.126 e. The summed E-state index contributed by atoms with van der Waals surface area (Å²) in [4.78, 5) is 4.43. The van der Waals surface area contributed by atoms with Crippen LogP contribution >= 0.6 is 0 Å². The van der Waals surface area contributed by atoms with Gasteiger partial charge in [0.1, 0.15) is 5.82 Å². The Hall–Kier alpha value is -1.92. The fourth-order valence-corrected chi connectivity index (χ4v) is 2.75. The highest BCUT2D eigenvalue weighted by Gasteiger charge is 2.14. The van der Waals surface area contributed by atoms with Gasteiger partial charge in [-0.1, -0.05) is 0 Å². The number of nitrogens with zero attached hydrogens (tertiary/aromatic N) is 3. The van der Waals surface area contributed by atoms with Crippen molar-refractivity contribution in [3.8, 4) is 5.69 Å². The summed E-state index contributed by atoms with van der Waals surface area (Å²) >= 11 is 0. The number of anilines is 1. The van der Waals surface area contributed by atoms with Gasteiger partial charge in [-0.15, -0.1) is 0 Å². The quantitative estimate of drug-likeness (QED) is 0.795. The summed E-state index contributed by atoms with van der Waals surface area (Å²) in [5.41, 5.74) is 3.08. The molecular weight excluding hydrogens is 292 g/mol. The van der Waals surface area contributed by atoms with Crippen LogP contribution in [0.3, 0.4) is 0 Å². The fraction of sp³-hybridized carbons (Fsp3) is 0.529. The molecule has 23 heavy (non-hydrogen) atoms. The maximum absolute atomic E-state index is 5.62. The Bertz CT molecular complexity index is 618. The molecule has 2 aromatic rings. The zero-order valence-electron chi connectivity index (χ0n) is 13.8. The molecule has 6 nitrogen and oxygen atoms in total. The Morgan fingerprint density at radius 1 is 1.39 bits per heavy atom. The van der Waals surface area contributed by atoms with Crippen molar-refractivity contribution in [2.24, 2.45) is 0 Å². The first-order valence-corrected chi connectivity index (χ1v) is 8.15. The Balaban J connectivity index is 1.43. The summed E-state index contributed by atoms with van der Waals surface area (Å²) in [5.74, 6) is 0.844. The predicted octanol–water partition coefficient (Wildman–Crippen LogP) is 2.49. The molecule has 1 unspecified atom stereocenters. The van der Waals surface area contributed by atoms with Gasteiger partial charge in [-0.2, -0.15) is 5.10 Å². The molecular formula is C17H24N4O2. The third kappa shape index (κ3) is 4.30. The van der Waals surface area contributed by atoms with Gasteiger partial charge < -0.3 is 14.8 Å². The van der Waals surface area contributed by atoms with Crippen LogP contribution in [0.25, 0.3) is 5.69 Å². The standard InChI is InChI=1S/C17H24N4O2/c1-13-10-14(2)21(20-13)15-5-6-17(19-11-15)18-7-9-22-12-16-4-3-8-23-16/h5-6,10-11,16H,3-4,7-9,12H2,1-2H3,(H,18,19). The molecule has 3 heterocycles. The van der Waals surface area contributed by atoms with Gasteiger partial charge in [0.05, 0.1) is 36.9 Å². The number of rotatable bonds is 7. The summed E-state index contributed by atoms with van der Waals surface area (Å²) in [5, 5.41) is 7.72. The maximum Gasteiger partial charge on any atom is 0.126 e. The molecule has 0 amide bonds. The number of ether oxygens (including phenoxy) is 2. The highest BCUT2D eigenvalue weighted by atomic mass is 16.5. The molecule has 0 radical (unpaired) electrons. The molecule has 2 aromatic heterocycles. The van der Waals surface area contributed by atoms with Crippen LogP contribution in [0.2, 0.25) is 0 Å². The largest absolute Gasteiger partial charge is 0.377 e. The van der Waals surface area contributed by atoms with E-state index in [9.17, 15) is 0 Å². The number of aryl methyl sites for hydroxylation is 2. The molecule has 124 valence electrons. The van der Waals surface area contributed by atoms with Crippen molar-refractivity contribution in [3.05, 3.63) is 35.8 Å². The summed E-state index contributed by atoms with van der Waals surface area (Å²) in [6, 6.07) is 6.03. The van der Waals surface area contributed by atoms with E-state index in [4.69, 9.17) is 9.47 Å². The van der Waals surface area contributed by atoms with Crippen LogP contribution in [-0.4, -0.2) is 47.2 Å². The lowest BCUT2D eigenvalue weighted by atomic mass is 10.2. The maximum atomic E-state index is 5.62. The second-order valence-corrected chi connectivity index (χ2v) is 5.88. The van der Waals surface area contributed by atoms with E-state index < -0.39 is 0 Å². The third-order valence-electron chi connectivity index (χ3n) is 3.88. The first-order chi connectivity index (χ1) is 11.2. The van der Waals surface area contributed by atoms with Crippen LogP contribution in [0.5, 0.6) is 0 Å². The van der Waals surface area contributed by atoms with Crippen molar-refractivity contribution in [1.29, 1.82) is 0 Å². The highest BCUT2D eigenvalue weighted by molar-refractivity contribution is 5.41. The lowest BCUT2D eigenvalue weighted by Crippen LogP contribution is -2.18. The van der Waals surface area contributed by atoms with Gasteiger partial charge >= 0.3 is 0 Å². The van der Waals surface area contributed by atoms with Gasteiger partial charge in [0, 0.05) is 18.8 Å². The molecule has 6 heteroatoms. The van der Waals surface area contributed by atoms with Crippen molar-refractivity contribution in [1.82, 2.24) is 14.8 Å². The molecule has 3 rings (SSSR count). The summed E-state index contributed by atoms with van der Waals surface area (Å²) in [6.07, 6.45) is 4.38. The molecule has 1 N–H and O–H groups in total. The lowest BCUT2D eigenvalue weighted by molar-refractivity contribution is 0.0206. The van der Waals surface area contributed by atoms with E-state index in [1.54, 1.807) is 0 Å². The lowest BCUT2D eigenvalue weighted by Gasteiger charge is -2.11. The van der Waals surface area contributed by atoms with Gasteiger partial charge in [0.2, 0.25) is 0 Å². The van der Waals surface area contributed by atoms with Gasteiger partial charge in [0.15, 0.2) is 0 Å². The van der Waals surface area contributed by atoms with Gasteiger partial charge in [0.25, 0.3) is 0 Å². The first-order valence-electron chi connectivity index (χ1n) is 8.15. The van der Waals surface area contributed by atoms with Crippen LogP contribution in [0, 0.1) is 13.8 Å². The molecule has 1 aliphatic heterocycles. The van der Waals surface area contributed by atoms with Gasteiger partial charge in [-0.25, -0.2) is 9.67 Å². The molecule has 0 spiro atoms. The zero-order chi connectivity index (χ0) is 16.1. The number of hydrogen-bond acceptors (Lipinski definition) is 5. The molecule has 0 aliphatic carbocycles. The van der Waals surface area contributed by atoms with Crippen LogP contribution in [-0.2, 0) is 9.47 Å². The topological polar surface area (TPSA) is 61.2 Å². The Morgan fingerprint density at radius 3 is 2.96 bits per heavy atom. The van der Waals surface area contributed by atoms with E-state index in [1.165, 1.54) is 0 Å². The third-order valence-corrected chi connectivity index (χ3v) is 3.88. The van der Waals surface area contributed by atoms with E-state index in [1.807, 2.05) is 36.9 Å². The van der Waals surface area contributed by atoms with Crippen molar-refractivity contribution in [2.45, 2.75) is 32.8 Å². The Labute approximate surface area is 136 Å². The Morgan fingerprint density at radius 2 is 2.30 bits per heavy atom. The number of hydrogen-bond donors (Lipinski definition) is 1.